The van der Waals surface area contributed by atoms with E-state index in [-0.39, 0.29) is 22.5 Å². The van der Waals surface area contributed by atoms with E-state index in [2.05, 4.69) is 15.0 Å². The van der Waals surface area contributed by atoms with Gasteiger partial charge in [0, 0.05) is 25.2 Å². The molecule has 176 valence electrons. The lowest BCUT2D eigenvalue weighted by atomic mass is 10.0. The number of hydrogen-bond acceptors (Lipinski definition) is 6. The normalized spacial score (nSPS) is 19.3. The zero-order valence-corrected chi connectivity index (χ0v) is 19.1. The zero-order chi connectivity index (χ0) is 23.3. The van der Waals surface area contributed by atoms with Gasteiger partial charge >= 0.3 is 0 Å². The van der Waals surface area contributed by atoms with E-state index < -0.39 is 16.1 Å². The van der Waals surface area contributed by atoms with Crippen LogP contribution in [0, 0.1) is 0 Å². The number of carbonyl (C=O) groups is 2. The third kappa shape index (κ3) is 5.62. The number of piperidine rings is 1. The van der Waals surface area contributed by atoms with Crippen LogP contribution in [0.1, 0.15) is 55.5 Å². The largest absolute Gasteiger partial charge is 0.459 e. The lowest BCUT2D eigenvalue weighted by molar-refractivity contribution is -0.121. The first-order valence-electron chi connectivity index (χ1n) is 11.3. The van der Waals surface area contributed by atoms with Crippen LogP contribution < -0.4 is 10.0 Å². The number of anilines is 1. The summed E-state index contributed by atoms with van der Waals surface area (Å²) in [6.07, 6.45) is 7.17. The molecule has 3 heterocycles. The Bertz CT molecular complexity index is 1110. The number of nitrogens with one attached hydrogen (secondary N) is 2. The summed E-state index contributed by atoms with van der Waals surface area (Å²) >= 11 is 0. The molecule has 1 aromatic carbocycles. The number of aliphatic imine (C=N–C) groups is 1. The highest BCUT2D eigenvalue weighted by molar-refractivity contribution is 7.90. The summed E-state index contributed by atoms with van der Waals surface area (Å²) in [5.74, 6) is 0.0727. The molecule has 1 unspecified atom stereocenters. The van der Waals surface area contributed by atoms with Crippen molar-refractivity contribution >= 4 is 33.4 Å². The Labute approximate surface area is 193 Å². The average molecular weight is 473 g/mol. The van der Waals surface area contributed by atoms with Crippen molar-refractivity contribution < 1.29 is 22.4 Å². The Morgan fingerprint density at radius 2 is 1.85 bits per heavy atom. The molecule has 2 aromatic rings. The number of hydrogen-bond donors (Lipinski definition) is 2. The minimum absolute atomic E-state index is 0.0970. The van der Waals surface area contributed by atoms with Gasteiger partial charge in [0.05, 0.1) is 11.2 Å². The maximum absolute atomic E-state index is 12.9. The Kier molecular flexibility index (Phi) is 7.12. The number of carbonyl (C=O) groups excluding carboxylic acids is 2. The SMILES string of the molecule is O=C(Nc1ccc(S(=O)(=O)NC2=NCCCCC2)cc1)C1CCCCN1C(=O)c1ccco1. The highest BCUT2D eigenvalue weighted by Gasteiger charge is 2.33. The van der Waals surface area contributed by atoms with Crippen molar-refractivity contribution in [2.75, 3.05) is 18.4 Å². The molecule has 9 nitrogen and oxygen atoms in total. The Morgan fingerprint density at radius 3 is 2.61 bits per heavy atom. The summed E-state index contributed by atoms with van der Waals surface area (Å²) in [6, 6.07) is 8.59. The van der Waals surface area contributed by atoms with Gasteiger partial charge in [-0.2, -0.15) is 0 Å². The van der Waals surface area contributed by atoms with Crippen LogP contribution in [0.5, 0.6) is 0 Å². The van der Waals surface area contributed by atoms with Gasteiger partial charge in [-0.1, -0.05) is 6.42 Å². The van der Waals surface area contributed by atoms with E-state index in [4.69, 9.17) is 4.42 Å². The quantitative estimate of drug-likeness (QED) is 0.692. The second kappa shape index (κ2) is 10.2. The standard InChI is InChI=1S/C23H28N4O5S/c28-22(19-7-3-5-15-27(19)23(29)20-8-6-16-32-20)25-17-10-12-18(13-11-17)33(30,31)26-21-9-2-1-4-14-24-21/h6,8,10-13,16,19H,1-5,7,9,14-15H2,(H,24,26)(H,25,28). The van der Waals surface area contributed by atoms with Crippen LogP contribution in [0.3, 0.4) is 0 Å². The number of rotatable bonds is 5. The topological polar surface area (TPSA) is 121 Å². The van der Waals surface area contributed by atoms with Gasteiger partial charge in [-0.15, -0.1) is 0 Å². The molecule has 1 atom stereocenters. The molecule has 0 radical (unpaired) electrons. The van der Waals surface area contributed by atoms with Crippen molar-refractivity contribution in [1.82, 2.24) is 9.62 Å². The van der Waals surface area contributed by atoms with Gasteiger partial charge in [0.15, 0.2) is 5.76 Å². The smallest absolute Gasteiger partial charge is 0.290 e. The molecule has 33 heavy (non-hydrogen) atoms. The Hall–Kier alpha value is -3.14. The lowest BCUT2D eigenvalue weighted by Gasteiger charge is -2.34. The van der Waals surface area contributed by atoms with Gasteiger partial charge < -0.3 is 14.6 Å². The molecule has 0 spiro atoms. The molecule has 2 N–H and O–H groups in total. The van der Waals surface area contributed by atoms with Crippen molar-refractivity contribution in [2.45, 2.75) is 55.9 Å². The number of benzene rings is 1. The van der Waals surface area contributed by atoms with Crippen molar-refractivity contribution in [3.05, 3.63) is 48.4 Å². The molecular formula is C23H28N4O5S. The fourth-order valence-corrected chi connectivity index (χ4v) is 5.19. The molecule has 0 aliphatic carbocycles. The van der Waals surface area contributed by atoms with Crippen molar-refractivity contribution in [1.29, 1.82) is 0 Å². The van der Waals surface area contributed by atoms with Crippen LogP contribution in [0.25, 0.3) is 0 Å². The molecular weight excluding hydrogens is 444 g/mol. The maximum atomic E-state index is 12.9. The molecule has 2 aliphatic rings. The van der Waals surface area contributed by atoms with Gasteiger partial charge in [-0.3, -0.25) is 19.3 Å². The van der Waals surface area contributed by atoms with E-state index in [1.807, 2.05) is 0 Å². The molecule has 2 amide bonds. The molecule has 1 aromatic heterocycles. The van der Waals surface area contributed by atoms with Gasteiger partial charge in [-0.25, -0.2) is 8.42 Å². The molecule has 10 heteroatoms. The third-order valence-corrected chi connectivity index (χ3v) is 7.25. The maximum Gasteiger partial charge on any atom is 0.290 e. The van der Waals surface area contributed by atoms with Gasteiger partial charge in [0.25, 0.3) is 15.9 Å². The van der Waals surface area contributed by atoms with Crippen LogP contribution in [-0.4, -0.2) is 50.1 Å². The second-order valence-electron chi connectivity index (χ2n) is 8.25. The lowest BCUT2D eigenvalue weighted by Crippen LogP contribution is -2.49. The monoisotopic (exact) mass is 472 g/mol. The van der Waals surface area contributed by atoms with Gasteiger partial charge in [0.2, 0.25) is 5.91 Å². The van der Waals surface area contributed by atoms with E-state index in [1.54, 1.807) is 24.3 Å². The van der Waals surface area contributed by atoms with Crippen LogP contribution >= 0.6 is 0 Å². The fraction of sp³-hybridized carbons (Fsp3) is 0.435. The summed E-state index contributed by atoms with van der Waals surface area (Å²) in [4.78, 5) is 31.6. The first-order chi connectivity index (χ1) is 15.9. The van der Waals surface area contributed by atoms with Crippen LogP contribution in [0.15, 0.2) is 57.0 Å². The van der Waals surface area contributed by atoms with E-state index in [0.29, 0.717) is 37.5 Å². The van der Waals surface area contributed by atoms with E-state index >= 15 is 0 Å². The summed E-state index contributed by atoms with van der Waals surface area (Å²) in [6.45, 7) is 1.10. The molecule has 0 bridgehead atoms. The minimum atomic E-state index is -3.74. The van der Waals surface area contributed by atoms with Crippen LogP contribution in [0.4, 0.5) is 5.69 Å². The third-order valence-electron chi connectivity index (χ3n) is 5.86. The highest BCUT2D eigenvalue weighted by atomic mass is 32.2. The number of sulfonamides is 1. The van der Waals surface area contributed by atoms with Crippen molar-refractivity contribution in [2.24, 2.45) is 4.99 Å². The number of nitrogens with zero attached hydrogens (tertiary/aromatic N) is 2. The number of amides is 2. The molecule has 1 saturated heterocycles. The van der Waals surface area contributed by atoms with Crippen molar-refractivity contribution in [3.8, 4) is 0 Å². The zero-order valence-electron chi connectivity index (χ0n) is 18.3. The first-order valence-corrected chi connectivity index (χ1v) is 12.7. The van der Waals surface area contributed by atoms with E-state index in [9.17, 15) is 18.0 Å². The van der Waals surface area contributed by atoms with Gasteiger partial charge in [-0.05, 0) is 68.5 Å². The summed E-state index contributed by atoms with van der Waals surface area (Å²) in [5.41, 5.74) is 0.460. The molecule has 4 rings (SSSR count). The predicted octanol–water partition coefficient (Wildman–Crippen LogP) is 3.16. The number of furan rings is 1. The average Bonchev–Trinajstić information content (AvgIpc) is 3.24. The highest BCUT2D eigenvalue weighted by Crippen LogP contribution is 2.22. The summed E-state index contributed by atoms with van der Waals surface area (Å²) in [5, 5.41) is 2.81. The summed E-state index contributed by atoms with van der Waals surface area (Å²) in [7, 11) is -3.74. The molecule has 1 fully saturated rings. The fourth-order valence-electron chi connectivity index (χ4n) is 4.10. The second-order valence-corrected chi connectivity index (χ2v) is 9.93. The number of amidine groups is 1. The van der Waals surface area contributed by atoms with E-state index in [1.165, 1.54) is 23.3 Å². The minimum Gasteiger partial charge on any atom is -0.459 e. The van der Waals surface area contributed by atoms with Crippen LogP contribution in [0.2, 0.25) is 0 Å². The van der Waals surface area contributed by atoms with Gasteiger partial charge in [0.1, 0.15) is 11.9 Å². The van der Waals surface area contributed by atoms with Crippen LogP contribution in [-0.2, 0) is 14.8 Å². The Morgan fingerprint density at radius 1 is 1.03 bits per heavy atom. The summed E-state index contributed by atoms with van der Waals surface area (Å²) < 4.78 is 33.2. The first kappa shape index (κ1) is 23.0. The number of likely N-dealkylation sites (tertiary alicyclic amines) is 1. The molecule has 0 saturated carbocycles. The van der Waals surface area contributed by atoms with Crippen molar-refractivity contribution in [3.63, 3.8) is 0 Å². The molecule has 2 aliphatic heterocycles. The Balaban J connectivity index is 1.42. The van der Waals surface area contributed by atoms with E-state index in [0.717, 1.165) is 32.1 Å². The predicted molar refractivity (Wildman–Crippen MR) is 124 cm³/mol.